The molecule has 0 fully saturated rings. The Hall–Kier alpha value is -2.75. The van der Waals surface area contributed by atoms with Crippen LogP contribution in [0.1, 0.15) is 30.9 Å². The lowest BCUT2D eigenvalue weighted by atomic mass is 9.79. The van der Waals surface area contributed by atoms with E-state index in [0.717, 1.165) is 6.07 Å². The molecule has 0 bridgehead atoms. The molecule has 4 nitrogen and oxygen atoms in total. The van der Waals surface area contributed by atoms with Crippen LogP contribution in [-0.4, -0.2) is 11.1 Å². The molecule has 0 spiro atoms. The quantitative estimate of drug-likeness (QED) is 0.873. The number of hydrogen-bond acceptors (Lipinski definition) is 3. The van der Waals surface area contributed by atoms with Gasteiger partial charge in [0.1, 0.15) is 0 Å². The molecule has 0 saturated heterocycles. The van der Waals surface area contributed by atoms with E-state index >= 15 is 0 Å². The minimum Gasteiger partial charge on any atom is -0.478 e. The number of benzene rings is 1. The van der Waals surface area contributed by atoms with E-state index in [9.17, 15) is 28.3 Å². The first-order chi connectivity index (χ1) is 10.7. The van der Waals surface area contributed by atoms with Gasteiger partial charge in [-0.2, -0.15) is 18.4 Å². The third-order valence-corrected chi connectivity index (χ3v) is 3.69. The summed E-state index contributed by atoms with van der Waals surface area (Å²) < 4.78 is 39.8. The number of hydrogen-bond donors (Lipinski definition) is 2. The second-order valence-corrected chi connectivity index (χ2v) is 5.14. The highest BCUT2D eigenvalue weighted by Crippen LogP contribution is 2.43. The molecule has 0 aromatic heterocycles. The first kappa shape index (κ1) is 16.6. The highest BCUT2D eigenvalue weighted by molar-refractivity contribution is 5.91. The molecule has 1 heterocycles. The van der Waals surface area contributed by atoms with E-state index in [-0.39, 0.29) is 22.4 Å². The Kier molecular flexibility index (Phi) is 4.19. The van der Waals surface area contributed by atoms with Crippen molar-refractivity contribution in [2.75, 3.05) is 0 Å². The summed E-state index contributed by atoms with van der Waals surface area (Å²) in [5, 5.41) is 21.5. The van der Waals surface area contributed by atoms with Gasteiger partial charge in [-0.3, -0.25) is 0 Å². The summed E-state index contributed by atoms with van der Waals surface area (Å²) in [4.78, 5) is 11.6. The number of halogens is 3. The van der Waals surface area contributed by atoms with Crippen LogP contribution in [0, 0.1) is 11.3 Å². The number of rotatable bonds is 2. The van der Waals surface area contributed by atoms with Gasteiger partial charge in [0.2, 0.25) is 0 Å². The summed E-state index contributed by atoms with van der Waals surface area (Å²) in [6.45, 7) is 2.99. The van der Waals surface area contributed by atoms with Gasteiger partial charge in [0.25, 0.3) is 0 Å². The Morgan fingerprint density at radius 1 is 1.26 bits per heavy atom. The van der Waals surface area contributed by atoms with Crippen LogP contribution in [-0.2, 0) is 11.0 Å². The van der Waals surface area contributed by atoms with Crippen LogP contribution in [0.25, 0.3) is 0 Å². The summed E-state index contributed by atoms with van der Waals surface area (Å²) in [6, 6.07) is 6.56. The normalized spacial score (nSPS) is 18.5. The van der Waals surface area contributed by atoms with Crippen LogP contribution >= 0.6 is 0 Å². The number of carbonyl (C=O) groups is 1. The van der Waals surface area contributed by atoms with Gasteiger partial charge in [0, 0.05) is 11.4 Å². The van der Waals surface area contributed by atoms with Crippen molar-refractivity contribution in [3.05, 3.63) is 57.9 Å². The molecule has 1 atom stereocenters. The summed E-state index contributed by atoms with van der Waals surface area (Å²) in [5.74, 6) is -2.63. The number of dihydropyridines is 1. The van der Waals surface area contributed by atoms with Crippen molar-refractivity contribution in [2.24, 2.45) is 0 Å². The van der Waals surface area contributed by atoms with Gasteiger partial charge in [0.15, 0.2) is 0 Å². The number of carboxylic acid groups (broad SMARTS) is 1. The van der Waals surface area contributed by atoms with E-state index in [0.29, 0.717) is 5.70 Å². The molecule has 2 rings (SSSR count). The molecular formula is C16H13F3N2O2. The molecule has 23 heavy (non-hydrogen) atoms. The summed E-state index contributed by atoms with van der Waals surface area (Å²) >= 11 is 0. The molecule has 0 amide bonds. The molecule has 0 aliphatic carbocycles. The summed E-state index contributed by atoms with van der Waals surface area (Å²) in [5.41, 5.74) is -0.922. The minimum absolute atomic E-state index is 0.0373. The van der Waals surface area contributed by atoms with E-state index < -0.39 is 23.6 Å². The fraction of sp³-hybridized carbons (Fsp3) is 0.250. The molecule has 1 aromatic rings. The number of nitrogens with zero attached hydrogens (tertiary/aromatic N) is 1. The van der Waals surface area contributed by atoms with Crippen LogP contribution in [0.2, 0.25) is 0 Å². The number of allylic oxidation sites excluding steroid dienone is 3. The second kappa shape index (κ2) is 5.80. The van der Waals surface area contributed by atoms with Gasteiger partial charge in [-0.15, -0.1) is 0 Å². The zero-order chi connectivity index (χ0) is 17.4. The third-order valence-electron chi connectivity index (χ3n) is 3.69. The molecule has 2 N–H and O–H groups in total. The highest BCUT2D eigenvalue weighted by atomic mass is 19.4. The van der Waals surface area contributed by atoms with Gasteiger partial charge in [0.05, 0.1) is 28.7 Å². The first-order valence-electron chi connectivity index (χ1n) is 6.66. The lowest BCUT2D eigenvalue weighted by Gasteiger charge is -2.29. The van der Waals surface area contributed by atoms with Gasteiger partial charge in [-0.1, -0.05) is 18.2 Å². The summed E-state index contributed by atoms with van der Waals surface area (Å²) in [7, 11) is 0. The van der Waals surface area contributed by atoms with Crippen LogP contribution in [0.5, 0.6) is 0 Å². The number of nitrogens with one attached hydrogen (secondary N) is 1. The Bertz CT molecular complexity index is 770. The molecule has 0 saturated carbocycles. The molecule has 7 heteroatoms. The zero-order valence-corrected chi connectivity index (χ0v) is 12.3. The number of aliphatic carboxylic acids is 1. The van der Waals surface area contributed by atoms with Crippen molar-refractivity contribution >= 4 is 5.97 Å². The topological polar surface area (TPSA) is 73.1 Å². The Morgan fingerprint density at radius 2 is 1.87 bits per heavy atom. The zero-order valence-electron chi connectivity index (χ0n) is 12.3. The fourth-order valence-electron chi connectivity index (χ4n) is 2.74. The predicted molar refractivity (Wildman–Crippen MR) is 76.0 cm³/mol. The van der Waals surface area contributed by atoms with E-state index in [1.807, 2.05) is 6.07 Å². The lowest BCUT2D eigenvalue weighted by molar-refractivity contribution is -0.139. The van der Waals surface area contributed by atoms with Crippen molar-refractivity contribution in [1.29, 1.82) is 5.26 Å². The maximum absolute atomic E-state index is 13.3. The van der Waals surface area contributed by atoms with Gasteiger partial charge in [-0.05, 0) is 25.5 Å². The standard InChI is InChI=1S/C16H13F3N2O2/c1-8-11(7-20)14(13(15(22)23)9(2)21-8)10-5-3-4-6-12(10)16(17,18)19/h3-6,14,21H,1-2H3,(H,22,23). The van der Waals surface area contributed by atoms with Crippen LogP contribution in [0.15, 0.2) is 46.8 Å². The fourth-order valence-corrected chi connectivity index (χ4v) is 2.74. The lowest BCUT2D eigenvalue weighted by Crippen LogP contribution is -2.28. The maximum Gasteiger partial charge on any atom is 0.416 e. The maximum atomic E-state index is 13.3. The average molecular weight is 322 g/mol. The van der Waals surface area contributed by atoms with E-state index in [1.165, 1.54) is 32.0 Å². The number of nitriles is 1. The number of alkyl halides is 3. The molecule has 1 aromatic carbocycles. The van der Waals surface area contributed by atoms with Crippen molar-refractivity contribution < 1.29 is 23.1 Å². The highest BCUT2D eigenvalue weighted by Gasteiger charge is 2.40. The predicted octanol–water partition coefficient (Wildman–Crippen LogP) is 3.55. The summed E-state index contributed by atoms with van der Waals surface area (Å²) in [6.07, 6.45) is -4.65. The molecule has 0 radical (unpaired) electrons. The van der Waals surface area contributed by atoms with Crippen molar-refractivity contribution in [2.45, 2.75) is 25.9 Å². The van der Waals surface area contributed by atoms with E-state index in [4.69, 9.17) is 0 Å². The smallest absolute Gasteiger partial charge is 0.416 e. The van der Waals surface area contributed by atoms with Crippen LogP contribution < -0.4 is 5.32 Å². The van der Waals surface area contributed by atoms with Crippen molar-refractivity contribution in [3.8, 4) is 6.07 Å². The second-order valence-electron chi connectivity index (χ2n) is 5.14. The molecule has 1 aliphatic rings. The Labute approximate surface area is 130 Å². The Morgan fingerprint density at radius 3 is 2.39 bits per heavy atom. The van der Waals surface area contributed by atoms with E-state index in [2.05, 4.69) is 5.32 Å². The largest absolute Gasteiger partial charge is 0.478 e. The van der Waals surface area contributed by atoms with Crippen LogP contribution in [0.4, 0.5) is 13.2 Å². The molecular weight excluding hydrogens is 309 g/mol. The van der Waals surface area contributed by atoms with Crippen LogP contribution in [0.3, 0.4) is 0 Å². The average Bonchev–Trinajstić information content (AvgIpc) is 2.45. The van der Waals surface area contributed by atoms with Gasteiger partial charge < -0.3 is 10.4 Å². The molecule has 1 unspecified atom stereocenters. The molecule has 120 valence electrons. The SMILES string of the molecule is CC1=C(C#N)C(c2ccccc2C(F)(F)F)C(C(=O)O)=C(C)N1. The number of carboxylic acids is 1. The van der Waals surface area contributed by atoms with Gasteiger partial charge in [-0.25, -0.2) is 4.79 Å². The van der Waals surface area contributed by atoms with E-state index in [1.54, 1.807) is 0 Å². The van der Waals surface area contributed by atoms with Gasteiger partial charge >= 0.3 is 12.1 Å². The third kappa shape index (κ3) is 2.93. The van der Waals surface area contributed by atoms with Crippen molar-refractivity contribution in [1.82, 2.24) is 5.32 Å². The Balaban J connectivity index is 2.79. The molecule has 1 aliphatic heterocycles. The minimum atomic E-state index is -4.65. The first-order valence-corrected chi connectivity index (χ1v) is 6.66. The monoisotopic (exact) mass is 322 g/mol. The van der Waals surface area contributed by atoms with Crippen molar-refractivity contribution in [3.63, 3.8) is 0 Å².